The highest BCUT2D eigenvalue weighted by molar-refractivity contribution is 5.57. The lowest BCUT2D eigenvalue weighted by atomic mass is 9.76. The fourth-order valence-corrected chi connectivity index (χ4v) is 2.86. The molecule has 2 heteroatoms. The van der Waals surface area contributed by atoms with Gasteiger partial charge in [0, 0.05) is 11.5 Å². The van der Waals surface area contributed by atoms with E-state index in [0.717, 1.165) is 18.4 Å². The maximum Gasteiger partial charge on any atom is 0.161 e. The fourth-order valence-electron chi connectivity index (χ4n) is 2.86. The van der Waals surface area contributed by atoms with Crippen LogP contribution in [0, 0.1) is 0 Å². The molecule has 15 heavy (non-hydrogen) atoms. The van der Waals surface area contributed by atoms with Crippen LogP contribution in [0.15, 0.2) is 18.2 Å². The Morgan fingerprint density at radius 3 is 3.00 bits per heavy atom. The van der Waals surface area contributed by atoms with E-state index in [-0.39, 0.29) is 11.5 Å². The van der Waals surface area contributed by atoms with Crippen molar-refractivity contribution in [2.75, 3.05) is 0 Å². The number of phenols is 2. The van der Waals surface area contributed by atoms with Crippen molar-refractivity contribution >= 4 is 0 Å². The molecule has 1 atom stereocenters. The zero-order valence-corrected chi connectivity index (χ0v) is 8.53. The van der Waals surface area contributed by atoms with E-state index < -0.39 is 0 Å². The number of hydrogen-bond donors (Lipinski definition) is 2. The molecule has 0 saturated carbocycles. The number of aryl methyl sites for hydroxylation is 1. The van der Waals surface area contributed by atoms with Crippen LogP contribution in [0.5, 0.6) is 11.5 Å². The van der Waals surface area contributed by atoms with Crippen LogP contribution >= 0.6 is 0 Å². The quantitative estimate of drug-likeness (QED) is 0.501. The summed E-state index contributed by atoms with van der Waals surface area (Å²) in [6.45, 7) is 0. The summed E-state index contributed by atoms with van der Waals surface area (Å²) in [5.41, 5.74) is 3.44. The first kappa shape index (κ1) is 8.84. The largest absolute Gasteiger partial charge is 0.504 e. The van der Waals surface area contributed by atoms with Crippen molar-refractivity contribution in [3.05, 3.63) is 34.9 Å². The fraction of sp³-hybridized carbons (Fsp3) is 0.385. The number of phenolic OH excluding ortho intramolecular Hbond substituents is 2. The SMILES string of the molecule is Oc1cc2c3c(c1O)CC=C[C@H]3CCC2. The smallest absolute Gasteiger partial charge is 0.161 e. The van der Waals surface area contributed by atoms with Gasteiger partial charge in [0.1, 0.15) is 0 Å². The van der Waals surface area contributed by atoms with Gasteiger partial charge in [-0.05, 0) is 42.9 Å². The zero-order valence-electron chi connectivity index (χ0n) is 8.53. The first-order valence-electron chi connectivity index (χ1n) is 5.50. The van der Waals surface area contributed by atoms with E-state index in [4.69, 9.17) is 0 Å². The molecule has 0 aliphatic heterocycles. The average Bonchev–Trinajstić information content (AvgIpc) is 2.26. The summed E-state index contributed by atoms with van der Waals surface area (Å²) in [6.07, 6.45) is 8.45. The van der Waals surface area contributed by atoms with Gasteiger partial charge < -0.3 is 10.2 Å². The van der Waals surface area contributed by atoms with Crippen LogP contribution in [-0.4, -0.2) is 10.2 Å². The molecule has 0 radical (unpaired) electrons. The van der Waals surface area contributed by atoms with Crippen molar-refractivity contribution in [3.8, 4) is 11.5 Å². The normalized spacial score (nSPS) is 22.5. The van der Waals surface area contributed by atoms with Gasteiger partial charge in [0.05, 0.1) is 0 Å². The lowest BCUT2D eigenvalue weighted by molar-refractivity contribution is 0.396. The van der Waals surface area contributed by atoms with Crippen molar-refractivity contribution in [2.24, 2.45) is 0 Å². The van der Waals surface area contributed by atoms with E-state index in [2.05, 4.69) is 12.2 Å². The summed E-state index contributed by atoms with van der Waals surface area (Å²) in [5, 5.41) is 19.4. The summed E-state index contributed by atoms with van der Waals surface area (Å²) < 4.78 is 0. The maximum atomic E-state index is 9.82. The summed E-state index contributed by atoms with van der Waals surface area (Å²) in [6, 6.07) is 1.74. The Labute approximate surface area is 88.9 Å². The number of benzene rings is 1. The Morgan fingerprint density at radius 2 is 2.13 bits per heavy atom. The van der Waals surface area contributed by atoms with E-state index in [1.54, 1.807) is 6.07 Å². The van der Waals surface area contributed by atoms with E-state index in [0.29, 0.717) is 5.92 Å². The summed E-state index contributed by atoms with van der Waals surface area (Å²) in [4.78, 5) is 0. The molecule has 0 bridgehead atoms. The van der Waals surface area contributed by atoms with Gasteiger partial charge in [0.15, 0.2) is 11.5 Å². The van der Waals surface area contributed by atoms with Gasteiger partial charge in [0.25, 0.3) is 0 Å². The Balaban J connectivity index is 2.29. The highest BCUT2D eigenvalue weighted by Gasteiger charge is 2.26. The summed E-state index contributed by atoms with van der Waals surface area (Å²) in [7, 11) is 0. The van der Waals surface area contributed by atoms with E-state index in [9.17, 15) is 10.2 Å². The van der Waals surface area contributed by atoms with Crippen LogP contribution in [0.1, 0.15) is 35.4 Å². The third kappa shape index (κ3) is 1.17. The number of aromatic hydroxyl groups is 2. The molecule has 2 aliphatic carbocycles. The van der Waals surface area contributed by atoms with Crippen LogP contribution in [0.3, 0.4) is 0 Å². The number of allylic oxidation sites excluding steroid dienone is 2. The van der Waals surface area contributed by atoms with Gasteiger partial charge in [0.2, 0.25) is 0 Å². The molecule has 0 fully saturated rings. The van der Waals surface area contributed by atoms with E-state index in [1.807, 2.05) is 0 Å². The average molecular weight is 202 g/mol. The van der Waals surface area contributed by atoms with Gasteiger partial charge in [-0.1, -0.05) is 12.2 Å². The molecular formula is C13H14O2. The van der Waals surface area contributed by atoms with Crippen LogP contribution in [0.25, 0.3) is 0 Å². The third-order valence-corrected chi connectivity index (χ3v) is 3.53. The molecule has 0 amide bonds. The van der Waals surface area contributed by atoms with E-state index in [1.165, 1.54) is 24.0 Å². The summed E-state index contributed by atoms with van der Waals surface area (Å²) >= 11 is 0. The van der Waals surface area contributed by atoms with Crippen molar-refractivity contribution in [1.29, 1.82) is 0 Å². The van der Waals surface area contributed by atoms with Crippen LogP contribution in [0.2, 0.25) is 0 Å². The molecule has 2 N–H and O–H groups in total. The predicted molar refractivity (Wildman–Crippen MR) is 58.3 cm³/mol. The number of rotatable bonds is 0. The number of hydrogen-bond acceptors (Lipinski definition) is 2. The third-order valence-electron chi connectivity index (χ3n) is 3.53. The van der Waals surface area contributed by atoms with Gasteiger partial charge in [-0.2, -0.15) is 0 Å². The lowest BCUT2D eigenvalue weighted by Gasteiger charge is -2.29. The molecule has 1 aromatic rings. The highest BCUT2D eigenvalue weighted by atomic mass is 16.3. The van der Waals surface area contributed by atoms with Crippen molar-refractivity contribution in [3.63, 3.8) is 0 Å². The van der Waals surface area contributed by atoms with E-state index >= 15 is 0 Å². The second kappa shape index (κ2) is 3.02. The Bertz CT molecular complexity index is 446. The molecule has 0 unspecified atom stereocenters. The highest BCUT2D eigenvalue weighted by Crippen LogP contribution is 2.44. The molecule has 0 spiro atoms. The van der Waals surface area contributed by atoms with Crippen molar-refractivity contribution in [2.45, 2.75) is 31.6 Å². The molecule has 2 nitrogen and oxygen atoms in total. The topological polar surface area (TPSA) is 40.5 Å². The minimum absolute atomic E-state index is 0.0414. The first-order valence-corrected chi connectivity index (χ1v) is 5.50. The second-order valence-corrected chi connectivity index (χ2v) is 4.43. The molecule has 0 heterocycles. The standard InChI is InChI=1S/C13H14O2/c14-11-7-9-5-1-3-8-4-2-6-10(12(8)9)13(11)15/h2,4,7-8,14-15H,1,3,5-6H2/t8-/m1/s1. The minimum atomic E-state index is 0.0414. The molecular weight excluding hydrogens is 188 g/mol. The molecule has 0 saturated heterocycles. The second-order valence-electron chi connectivity index (χ2n) is 4.43. The molecule has 1 aromatic carbocycles. The van der Waals surface area contributed by atoms with Crippen molar-refractivity contribution in [1.82, 2.24) is 0 Å². The minimum Gasteiger partial charge on any atom is -0.504 e. The van der Waals surface area contributed by atoms with Crippen LogP contribution < -0.4 is 0 Å². The van der Waals surface area contributed by atoms with Gasteiger partial charge >= 0.3 is 0 Å². The van der Waals surface area contributed by atoms with Crippen LogP contribution in [-0.2, 0) is 12.8 Å². The van der Waals surface area contributed by atoms with Gasteiger partial charge in [-0.25, -0.2) is 0 Å². The molecule has 0 aromatic heterocycles. The van der Waals surface area contributed by atoms with Gasteiger partial charge in [-0.15, -0.1) is 0 Å². The predicted octanol–water partition coefficient (Wildman–Crippen LogP) is 2.63. The maximum absolute atomic E-state index is 9.82. The first-order chi connectivity index (χ1) is 7.27. The van der Waals surface area contributed by atoms with Gasteiger partial charge in [-0.3, -0.25) is 0 Å². The molecule has 78 valence electrons. The van der Waals surface area contributed by atoms with Crippen LogP contribution in [0.4, 0.5) is 0 Å². The monoisotopic (exact) mass is 202 g/mol. The Hall–Kier alpha value is -1.44. The molecule has 3 rings (SSSR count). The Kier molecular flexibility index (Phi) is 1.78. The summed E-state index contributed by atoms with van der Waals surface area (Å²) in [5.74, 6) is 0.591. The molecule has 2 aliphatic rings. The zero-order chi connectivity index (χ0) is 10.4. The Morgan fingerprint density at radius 1 is 1.27 bits per heavy atom. The lowest BCUT2D eigenvalue weighted by Crippen LogP contribution is -2.14. The van der Waals surface area contributed by atoms with Crippen molar-refractivity contribution < 1.29 is 10.2 Å².